The standard InChI is InChI=1S/C15H15N5/c1-10-17-14(19-12-6-7-12)8-15(18-10)20-13-5-3-2-4-11(13)9-16/h2-5,8,12H,6-7H2,1H3,(H2,17,18,19,20). The molecule has 1 heterocycles. The third kappa shape index (κ3) is 2.86. The summed E-state index contributed by atoms with van der Waals surface area (Å²) in [6.45, 7) is 1.86. The van der Waals surface area contributed by atoms with Crippen LogP contribution < -0.4 is 10.6 Å². The number of nitrogens with one attached hydrogen (secondary N) is 2. The first-order valence-electron chi connectivity index (χ1n) is 6.63. The molecule has 5 nitrogen and oxygen atoms in total. The summed E-state index contributed by atoms with van der Waals surface area (Å²) in [7, 11) is 0. The zero-order valence-electron chi connectivity index (χ0n) is 11.2. The molecule has 3 rings (SSSR count). The van der Waals surface area contributed by atoms with Gasteiger partial charge in [-0.15, -0.1) is 0 Å². The van der Waals surface area contributed by atoms with Gasteiger partial charge in [0.2, 0.25) is 0 Å². The first-order chi connectivity index (χ1) is 9.74. The first-order valence-corrected chi connectivity index (χ1v) is 6.63. The van der Waals surface area contributed by atoms with E-state index in [4.69, 9.17) is 5.26 Å². The molecule has 0 radical (unpaired) electrons. The Kier molecular flexibility index (Phi) is 3.21. The largest absolute Gasteiger partial charge is 0.367 e. The molecule has 0 atom stereocenters. The summed E-state index contributed by atoms with van der Waals surface area (Å²) >= 11 is 0. The van der Waals surface area contributed by atoms with Crippen LogP contribution in [-0.4, -0.2) is 16.0 Å². The number of aryl methyl sites for hydroxylation is 1. The predicted molar refractivity (Wildman–Crippen MR) is 77.9 cm³/mol. The van der Waals surface area contributed by atoms with Crippen molar-refractivity contribution in [1.82, 2.24) is 9.97 Å². The summed E-state index contributed by atoms with van der Waals surface area (Å²) in [5, 5.41) is 15.6. The minimum atomic E-state index is 0.545. The minimum absolute atomic E-state index is 0.545. The maximum Gasteiger partial charge on any atom is 0.136 e. The minimum Gasteiger partial charge on any atom is -0.367 e. The number of rotatable bonds is 4. The summed E-state index contributed by atoms with van der Waals surface area (Å²) in [5.74, 6) is 2.23. The van der Waals surface area contributed by atoms with Crippen LogP contribution in [0.3, 0.4) is 0 Å². The molecule has 1 fully saturated rings. The number of benzene rings is 1. The van der Waals surface area contributed by atoms with Crippen LogP contribution in [0.2, 0.25) is 0 Å². The molecule has 1 aliphatic rings. The van der Waals surface area contributed by atoms with Gasteiger partial charge in [0.05, 0.1) is 11.3 Å². The van der Waals surface area contributed by atoms with Crippen LogP contribution in [0.25, 0.3) is 0 Å². The maximum absolute atomic E-state index is 9.10. The van der Waals surface area contributed by atoms with Gasteiger partial charge in [-0.1, -0.05) is 12.1 Å². The van der Waals surface area contributed by atoms with Gasteiger partial charge in [-0.25, -0.2) is 9.97 Å². The van der Waals surface area contributed by atoms with Crippen LogP contribution in [0, 0.1) is 18.3 Å². The first kappa shape index (κ1) is 12.4. The van der Waals surface area contributed by atoms with E-state index < -0.39 is 0 Å². The van der Waals surface area contributed by atoms with Gasteiger partial charge in [-0.2, -0.15) is 5.26 Å². The molecule has 100 valence electrons. The molecule has 1 saturated carbocycles. The SMILES string of the molecule is Cc1nc(Nc2ccccc2C#N)cc(NC2CC2)n1. The molecule has 2 aromatic rings. The summed E-state index contributed by atoms with van der Waals surface area (Å²) < 4.78 is 0. The highest BCUT2D eigenvalue weighted by molar-refractivity contribution is 5.65. The normalized spacial score (nSPS) is 13.6. The molecular weight excluding hydrogens is 250 g/mol. The quantitative estimate of drug-likeness (QED) is 0.889. The molecule has 2 N–H and O–H groups in total. The average Bonchev–Trinajstić information content (AvgIpc) is 3.22. The highest BCUT2D eigenvalue weighted by Crippen LogP contribution is 2.26. The van der Waals surface area contributed by atoms with Crippen molar-refractivity contribution < 1.29 is 0 Å². The van der Waals surface area contributed by atoms with Gasteiger partial charge in [0.1, 0.15) is 23.5 Å². The molecule has 0 bridgehead atoms. The number of nitriles is 1. The van der Waals surface area contributed by atoms with Crippen LogP contribution in [0.15, 0.2) is 30.3 Å². The molecule has 1 aliphatic carbocycles. The topological polar surface area (TPSA) is 73.6 Å². The second-order valence-electron chi connectivity index (χ2n) is 4.89. The van der Waals surface area contributed by atoms with Gasteiger partial charge in [-0.3, -0.25) is 0 Å². The zero-order valence-corrected chi connectivity index (χ0v) is 11.2. The van der Waals surface area contributed by atoms with Crippen molar-refractivity contribution in [2.24, 2.45) is 0 Å². The fourth-order valence-corrected chi connectivity index (χ4v) is 1.97. The van der Waals surface area contributed by atoms with Crippen molar-refractivity contribution in [2.75, 3.05) is 10.6 Å². The zero-order chi connectivity index (χ0) is 13.9. The van der Waals surface area contributed by atoms with E-state index in [-0.39, 0.29) is 0 Å². The molecule has 1 aromatic carbocycles. The lowest BCUT2D eigenvalue weighted by atomic mass is 10.2. The van der Waals surface area contributed by atoms with Crippen molar-refractivity contribution in [3.63, 3.8) is 0 Å². The lowest BCUT2D eigenvalue weighted by Crippen LogP contribution is -2.06. The predicted octanol–water partition coefficient (Wildman–Crippen LogP) is 2.97. The van der Waals surface area contributed by atoms with E-state index in [0.717, 1.165) is 11.5 Å². The van der Waals surface area contributed by atoms with Gasteiger partial charge < -0.3 is 10.6 Å². The Bertz CT molecular complexity index is 670. The fourth-order valence-electron chi connectivity index (χ4n) is 1.97. The third-order valence-electron chi connectivity index (χ3n) is 3.08. The van der Waals surface area contributed by atoms with E-state index >= 15 is 0 Å². The maximum atomic E-state index is 9.10. The van der Waals surface area contributed by atoms with Gasteiger partial charge in [0.15, 0.2) is 0 Å². The second kappa shape index (κ2) is 5.17. The molecule has 0 aliphatic heterocycles. The fraction of sp³-hybridized carbons (Fsp3) is 0.267. The van der Waals surface area contributed by atoms with Crippen molar-refractivity contribution in [3.8, 4) is 6.07 Å². The smallest absolute Gasteiger partial charge is 0.136 e. The molecular formula is C15H15N5. The van der Waals surface area contributed by atoms with Gasteiger partial charge in [0, 0.05) is 12.1 Å². The van der Waals surface area contributed by atoms with Crippen LogP contribution in [0.5, 0.6) is 0 Å². The Morgan fingerprint density at radius 2 is 1.95 bits per heavy atom. The Balaban J connectivity index is 1.86. The number of hydrogen-bond acceptors (Lipinski definition) is 5. The average molecular weight is 265 g/mol. The number of para-hydroxylation sites is 1. The third-order valence-corrected chi connectivity index (χ3v) is 3.08. The Morgan fingerprint density at radius 1 is 1.20 bits per heavy atom. The van der Waals surface area contributed by atoms with E-state index in [9.17, 15) is 0 Å². The van der Waals surface area contributed by atoms with Crippen LogP contribution in [0.1, 0.15) is 24.2 Å². The van der Waals surface area contributed by atoms with Crippen molar-refractivity contribution in [2.45, 2.75) is 25.8 Å². The summed E-state index contributed by atoms with van der Waals surface area (Å²) in [4.78, 5) is 8.73. The van der Waals surface area contributed by atoms with Crippen molar-refractivity contribution in [1.29, 1.82) is 5.26 Å². The summed E-state index contributed by atoms with van der Waals surface area (Å²) in [6.07, 6.45) is 2.39. The van der Waals surface area contributed by atoms with Crippen LogP contribution in [-0.2, 0) is 0 Å². The van der Waals surface area contributed by atoms with E-state index in [0.29, 0.717) is 23.2 Å². The Hall–Kier alpha value is -2.61. The molecule has 20 heavy (non-hydrogen) atoms. The Labute approximate surface area is 117 Å². The monoisotopic (exact) mass is 265 g/mol. The van der Waals surface area contributed by atoms with E-state index in [1.54, 1.807) is 6.07 Å². The molecule has 0 amide bonds. The van der Waals surface area contributed by atoms with Crippen LogP contribution >= 0.6 is 0 Å². The number of nitrogens with zero attached hydrogens (tertiary/aromatic N) is 3. The van der Waals surface area contributed by atoms with Gasteiger partial charge in [-0.05, 0) is 31.9 Å². The highest BCUT2D eigenvalue weighted by Gasteiger charge is 2.21. The summed E-state index contributed by atoms with van der Waals surface area (Å²) in [6, 6.07) is 12.0. The van der Waals surface area contributed by atoms with Crippen molar-refractivity contribution >= 4 is 17.3 Å². The number of anilines is 3. The molecule has 1 aromatic heterocycles. The summed E-state index contributed by atoms with van der Waals surface area (Å²) in [5.41, 5.74) is 1.35. The van der Waals surface area contributed by atoms with E-state index in [1.807, 2.05) is 31.2 Å². The lowest BCUT2D eigenvalue weighted by Gasteiger charge is -2.10. The van der Waals surface area contributed by atoms with E-state index in [2.05, 4.69) is 26.7 Å². The molecule has 0 saturated heterocycles. The van der Waals surface area contributed by atoms with Crippen molar-refractivity contribution in [3.05, 3.63) is 41.7 Å². The Morgan fingerprint density at radius 3 is 2.70 bits per heavy atom. The van der Waals surface area contributed by atoms with Gasteiger partial charge >= 0.3 is 0 Å². The second-order valence-corrected chi connectivity index (χ2v) is 4.89. The van der Waals surface area contributed by atoms with E-state index in [1.165, 1.54) is 12.8 Å². The van der Waals surface area contributed by atoms with Gasteiger partial charge in [0.25, 0.3) is 0 Å². The lowest BCUT2D eigenvalue weighted by molar-refractivity contribution is 1.02. The highest BCUT2D eigenvalue weighted by atomic mass is 15.1. The number of hydrogen-bond donors (Lipinski definition) is 2. The molecule has 0 unspecified atom stereocenters. The molecule has 5 heteroatoms. The number of aromatic nitrogens is 2. The molecule has 0 spiro atoms. The van der Waals surface area contributed by atoms with Crippen LogP contribution in [0.4, 0.5) is 17.3 Å².